The molecule has 2 heterocycles. The van der Waals surface area contributed by atoms with Crippen molar-refractivity contribution in [2.75, 3.05) is 20.3 Å². The zero-order chi connectivity index (χ0) is 27.3. The Bertz CT molecular complexity index is 1190. The van der Waals surface area contributed by atoms with Crippen LogP contribution in [-0.4, -0.2) is 82.0 Å². The predicted molar refractivity (Wildman–Crippen MR) is 132 cm³/mol. The van der Waals surface area contributed by atoms with E-state index >= 15 is 0 Å². The highest BCUT2D eigenvalue weighted by Crippen LogP contribution is 2.26. The highest BCUT2D eigenvalue weighted by atomic mass is 16.5. The van der Waals surface area contributed by atoms with Gasteiger partial charge < -0.3 is 30.6 Å². The third-order valence-corrected chi connectivity index (χ3v) is 6.35. The Morgan fingerprint density at radius 3 is 2.51 bits per heavy atom. The molecule has 0 radical (unpaired) electrons. The standard InChI is InChI=1S/C25H32N4O8/c1-13(2)9-18(28-23(33)19-11-15-16(26-19)5-4-6-21(15)37-3)22(32)27-17(20(31)12-30)10-14-7-8-29(24(14)34)25(35)36/h4-6,11,13-14,17-18,26,30H,7-10,12H2,1-3H3,(H,27,32)(H,28,33)(H,35,36)/t14-,17?,18?/m0/s1. The van der Waals surface area contributed by atoms with E-state index in [9.17, 15) is 29.1 Å². The van der Waals surface area contributed by atoms with Gasteiger partial charge in [0.15, 0.2) is 5.78 Å². The van der Waals surface area contributed by atoms with Gasteiger partial charge in [-0.1, -0.05) is 19.9 Å². The lowest BCUT2D eigenvalue weighted by Gasteiger charge is -2.24. The Hall–Kier alpha value is -3.93. The van der Waals surface area contributed by atoms with Crippen LogP contribution in [0.25, 0.3) is 10.9 Å². The van der Waals surface area contributed by atoms with E-state index in [4.69, 9.17) is 9.84 Å². The first-order valence-electron chi connectivity index (χ1n) is 12.0. The lowest BCUT2D eigenvalue weighted by molar-refractivity contribution is -0.133. The van der Waals surface area contributed by atoms with Crippen molar-refractivity contribution in [3.63, 3.8) is 0 Å². The molecule has 200 valence electrons. The number of aliphatic hydroxyl groups is 1. The summed E-state index contributed by atoms with van der Waals surface area (Å²) in [6.45, 7) is 2.86. The molecule has 4 amide bonds. The van der Waals surface area contributed by atoms with Crippen molar-refractivity contribution in [1.82, 2.24) is 20.5 Å². The van der Waals surface area contributed by atoms with Crippen LogP contribution < -0.4 is 15.4 Å². The van der Waals surface area contributed by atoms with E-state index < -0.39 is 54.2 Å². The van der Waals surface area contributed by atoms with Crippen molar-refractivity contribution >= 4 is 40.5 Å². The number of nitrogens with zero attached hydrogens (tertiary/aromatic N) is 1. The van der Waals surface area contributed by atoms with Crippen LogP contribution in [0.3, 0.4) is 0 Å². The normalized spacial score (nSPS) is 17.1. The van der Waals surface area contributed by atoms with Crippen molar-refractivity contribution in [3.05, 3.63) is 30.0 Å². The number of ketones is 1. The average Bonchev–Trinajstić information content (AvgIpc) is 3.46. The number of methoxy groups -OCH3 is 1. The number of carbonyl (C=O) groups is 5. The summed E-state index contributed by atoms with van der Waals surface area (Å²) in [7, 11) is 1.52. The van der Waals surface area contributed by atoms with Crippen LogP contribution in [0.2, 0.25) is 0 Å². The molecule has 1 saturated heterocycles. The van der Waals surface area contributed by atoms with Gasteiger partial charge in [-0.2, -0.15) is 0 Å². The third-order valence-electron chi connectivity index (χ3n) is 6.35. The molecule has 2 unspecified atom stereocenters. The second-order valence-electron chi connectivity index (χ2n) is 9.44. The molecule has 3 atom stereocenters. The minimum atomic E-state index is -1.38. The van der Waals surface area contributed by atoms with Crippen molar-refractivity contribution in [2.45, 2.75) is 45.2 Å². The van der Waals surface area contributed by atoms with Crippen LogP contribution in [0.1, 0.15) is 43.6 Å². The topological polar surface area (TPSA) is 178 Å². The second kappa shape index (κ2) is 11.9. The Balaban J connectivity index is 1.75. The van der Waals surface area contributed by atoms with Gasteiger partial charge in [0.1, 0.15) is 24.1 Å². The van der Waals surface area contributed by atoms with Gasteiger partial charge >= 0.3 is 6.09 Å². The molecule has 37 heavy (non-hydrogen) atoms. The number of likely N-dealkylation sites (tertiary alicyclic amines) is 1. The van der Waals surface area contributed by atoms with Gasteiger partial charge in [-0.15, -0.1) is 0 Å². The number of nitrogens with one attached hydrogen (secondary N) is 3. The number of amides is 4. The van der Waals surface area contributed by atoms with Crippen molar-refractivity contribution in [1.29, 1.82) is 0 Å². The van der Waals surface area contributed by atoms with Gasteiger partial charge in [0, 0.05) is 23.4 Å². The van der Waals surface area contributed by atoms with E-state index in [0.29, 0.717) is 21.6 Å². The van der Waals surface area contributed by atoms with E-state index in [1.807, 2.05) is 13.8 Å². The summed E-state index contributed by atoms with van der Waals surface area (Å²) in [5, 5.41) is 24.5. The number of aliphatic hydroxyl groups excluding tert-OH is 1. The SMILES string of the molecule is COc1cccc2[nH]c(C(=O)NC(CC(C)C)C(=O)NC(C[C@@H]3CCN(C(=O)O)C3=O)C(=O)CO)cc12. The summed E-state index contributed by atoms with van der Waals surface area (Å²) < 4.78 is 5.32. The maximum Gasteiger partial charge on any atom is 0.414 e. The molecule has 1 aliphatic heterocycles. The predicted octanol–water partition coefficient (Wildman–Crippen LogP) is 1.28. The first-order chi connectivity index (χ1) is 17.5. The number of Topliss-reactive ketones (excluding diaryl/α,β-unsaturated/α-hetero) is 1. The molecule has 1 fully saturated rings. The fraction of sp³-hybridized carbons (Fsp3) is 0.480. The summed E-state index contributed by atoms with van der Waals surface area (Å²) in [6.07, 6.45) is -1.07. The number of imide groups is 1. The largest absolute Gasteiger partial charge is 0.496 e. The molecule has 1 aliphatic rings. The van der Waals surface area contributed by atoms with Crippen molar-refractivity contribution in [2.24, 2.45) is 11.8 Å². The summed E-state index contributed by atoms with van der Waals surface area (Å²) in [6, 6.07) is 4.71. The lowest BCUT2D eigenvalue weighted by atomic mass is 9.95. The van der Waals surface area contributed by atoms with E-state index in [1.165, 1.54) is 7.11 Å². The molecule has 0 saturated carbocycles. The third kappa shape index (κ3) is 6.45. The molecule has 1 aromatic heterocycles. The first kappa shape index (κ1) is 27.7. The smallest absolute Gasteiger partial charge is 0.414 e. The van der Waals surface area contributed by atoms with E-state index in [-0.39, 0.29) is 37.4 Å². The fourth-order valence-electron chi connectivity index (χ4n) is 4.45. The Morgan fingerprint density at radius 2 is 1.92 bits per heavy atom. The minimum Gasteiger partial charge on any atom is -0.496 e. The number of rotatable bonds is 11. The van der Waals surface area contributed by atoms with Gasteiger partial charge in [-0.3, -0.25) is 19.2 Å². The molecular formula is C25H32N4O8. The second-order valence-corrected chi connectivity index (χ2v) is 9.44. The van der Waals surface area contributed by atoms with E-state index in [1.54, 1.807) is 24.3 Å². The summed E-state index contributed by atoms with van der Waals surface area (Å²) in [5.74, 6) is -2.76. The van der Waals surface area contributed by atoms with Crippen LogP contribution in [-0.2, 0) is 14.4 Å². The zero-order valence-electron chi connectivity index (χ0n) is 20.9. The van der Waals surface area contributed by atoms with Crippen LogP contribution in [0.15, 0.2) is 24.3 Å². The quantitative estimate of drug-likeness (QED) is 0.296. The van der Waals surface area contributed by atoms with Gasteiger partial charge in [0.2, 0.25) is 11.8 Å². The lowest BCUT2D eigenvalue weighted by Crippen LogP contribution is -2.53. The molecule has 1 aromatic carbocycles. The van der Waals surface area contributed by atoms with Gasteiger partial charge in [0.25, 0.3) is 5.91 Å². The highest BCUT2D eigenvalue weighted by molar-refractivity contribution is 6.02. The number of fused-ring (bicyclic) bond motifs is 1. The number of carbonyl (C=O) groups excluding carboxylic acids is 4. The number of aromatic nitrogens is 1. The van der Waals surface area contributed by atoms with Crippen LogP contribution >= 0.6 is 0 Å². The fourth-order valence-corrected chi connectivity index (χ4v) is 4.45. The Kier molecular flexibility index (Phi) is 8.87. The summed E-state index contributed by atoms with van der Waals surface area (Å²) >= 11 is 0. The number of H-pyrrole nitrogens is 1. The van der Waals surface area contributed by atoms with Gasteiger partial charge in [-0.25, -0.2) is 9.69 Å². The maximum atomic E-state index is 13.2. The van der Waals surface area contributed by atoms with E-state index in [0.717, 1.165) is 0 Å². The summed E-state index contributed by atoms with van der Waals surface area (Å²) in [5.41, 5.74) is 0.897. The van der Waals surface area contributed by atoms with Crippen molar-refractivity contribution in [3.8, 4) is 5.75 Å². The number of aromatic amines is 1. The molecule has 5 N–H and O–H groups in total. The maximum absolute atomic E-state index is 13.2. The summed E-state index contributed by atoms with van der Waals surface area (Å²) in [4.78, 5) is 65.9. The van der Waals surface area contributed by atoms with Gasteiger partial charge in [-0.05, 0) is 43.4 Å². The van der Waals surface area contributed by atoms with Gasteiger partial charge in [0.05, 0.1) is 13.2 Å². The minimum absolute atomic E-state index is 0.00582. The Morgan fingerprint density at radius 1 is 1.19 bits per heavy atom. The molecule has 0 bridgehead atoms. The van der Waals surface area contributed by atoms with E-state index in [2.05, 4.69) is 15.6 Å². The first-order valence-corrected chi connectivity index (χ1v) is 12.0. The molecule has 12 heteroatoms. The Labute approximate surface area is 213 Å². The molecular weight excluding hydrogens is 484 g/mol. The number of hydrogen-bond acceptors (Lipinski definition) is 7. The monoisotopic (exact) mass is 516 g/mol. The molecule has 12 nitrogen and oxygen atoms in total. The van der Waals surface area contributed by atoms with Crippen LogP contribution in [0.4, 0.5) is 4.79 Å². The highest BCUT2D eigenvalue weighted by Gasteiger charge is 2.39. The number of benzene rings is 1. The number of ether oxygens (including phenoxy) is 1. The molecule has 3 rings (SSSR count). The average molecular weight is 517 g/mol. The molecule has 0 spiro atoms. The number of carboxylic acid groups (broad SMARTS) is 1. The molecule has 0 aliphatic carbocycles. The van der Waals surface area contributed by atoms with Crippen LogP contribution in [0.5, 0.6) is 5.75 Å². The number of hydrogen-bond donors (Lipinski definition) is 5. The van der Waals surface area contributed by atoms with Crippen molar-refractivity contribution < 1.29 is 38.9 Å². The molecule has 2 aromatic rings. The van der Waals surface area contributed by atoms with Crippen LogP contribution in [0, 0.1) is 11.8 Å². The zero-order valence-corrected chi connectivity index (χ0v) is 20.9.